The minimum Gasteiger partial charge on any atom is -0.427 e. The molecular weight excluding hydrogens is 284 g/mol. The average Bonchev–Trinajstić information content (AvgIpc) is 2.41. The highest BCUT2D eigenvalue weighted by Gasteiger charge is 2.12. The predicted octanol–water partition coefficient (Wildman–Crippen LogP) is 3.69. The standard InChI is InChI=1S/C17H22O5/c1-4-5-6-7-8-17(20)14-9-15(21-12(2)18)11-16(10-14)22-13(3)19/h9-11H,4-8H2,1-3H3. The summed E-state index contributed by atoms with van der Waals surface area (Å²) in [4.78, 5) is 34.3. The molecule has 120 valence electrons. The molecule has 0 saturated heterocycles. The number of carbonyl (C=O) groups is 3. The van der Waals surface area contributed by atoms with Gasteiger partial charge < -0.3 is 9.47 Å². The fourth-order valence-corrected chi connectivity index (χ4v) is 2.04. The molecule has 0 aromatic heterocycles. The monoisotopic (exact) mass is 306 g/mol. The molecule has 0 aliphatic carbocycles. The van der Waals surface area contributed by atoms with Gasteiger partial charge in [-0.25, -0.2) is 0 Å². The summed E-state index contributed by atoms with van der Waals surface area (Å²) < 4.78 is 9.98. The van der Waals surface area contributed by atoms with Crippen molar-refractivity contribution in [2.45, 2.75) is 52.9 Å². The van der Waals surface area contributed by atoms with Gasteiger partial charge in [0.1, 0.15) is 11.5 Å². The lowest BCUT2D eigenvalue weighted by Crippen LogP contribution is -2.07. The van der Waals surface area contributed by atoms with Crippen LogP contribution in [0, 0.1) is 0 Å². The molecule has 0 unspecified atom stereocenters. The molecule has 0 spiro atoms. The van der Waals surface area contributed by atoms with E-state index in [1.54, 1.807) is 0 Å². The first-order chi connectivity index (χ1) is 10.4. The Labute approximate surface area is 130 Å². The maximum absolute atomic E-state index is 12.2. The van der Waals surface area contributed by atoms with Crippen LogP contribution in [0.2, 0.25) is 0 Å². The quantitative estimate of drug-likeness (QED) is 0.317. The van der Waals surface area contributed by atoms with E-state index in [4.69, 9.17) is 9.47 Å². The summed E-state index contributed by atoms with van der Waals surface area (Å²) in [6, 6.07) is 4.41. The van der Waals surface area contributed by atoms with Gasteiger partial charge in [-0.15, -0.1) is 0 Å². The van der Waals surface area contributed by atoms with Crippen molar-refractivity contribution >= 4 is 17.7 Å². The van der Waals surface area contributed by atoms with E-state index in [2.05, 4.69) is 6.92 Å². The van der Waals surface area contributed by atoms with E-state index >= 15 is 0 Å². The summed E-state index contributed by atoms with van der Waals surface area (Å²) in [6.45, 7) is 4.64. The Bertz CT molecular complexity index is 514. The van der Waals surface area contributed by atoms with Gasteiger partial charge in [-0.2, -0.15) is 0 Å². The molecule has 5 heteroatoms. The van der Waals surface area contributed by atoms with Crippen molar-refractivity contribution in [2.75, 3.05) is 0 Å². The van der Waals surface area contributed by atoms with Crippen LogP contribution in [0.3, 0.4) is 0 Å². The number of esters is 2. The number of carbonyl (C=O) groups excluding carboxylic acids is 3. The fourth-order valence-electron chi connectivity index (χ4n) is 2.04. The van der Waals surface area contributed by atoms with Gasteiger partial charge in [0.25, 0.3) is 0 Å². The largest absolute Gasteiger partial charge is 0.427 e. The van der Waals surface area contributed by atoms with Gasteiger partial charge in [0.05, 0.1) is 0 Å². The van der Waals surface area contributed by atoms with Crippen LogP contribution in [0.5, 0.6) is 11.5 Å². The number of ether oxygens (including phenoxy) is 2. The van der Waals surface area contributed by atoms with Crippen molar-refractivity contribution in [1.29, 1.82) is 0 Å². The minimum atomic E-state index is -0.499. The lowest BCUT2D eigenvalue weighted by molar-refractivity contribution is -0.132. The average molecular weight is 306 g/mol. The Hall–Kier alpha value is -2.17. The second kappa shape index (κ2) is 8.97. The molecule has 5 nitrogen and oxygen atoms in total. The van der Waals surface area contributed by atoms with Crippen LogP contribution in [0.4, 0.5) is 0 Å². The van der Waals surface area contributed by atoms with E-state index in [9.17, 15) is 14.4 Å². The molecule has 1 aromatic rings. The Kier molecular flexibility index (Phi) is 7.29. The molecule has 0 amide bonds. The topological polar surface area (TPSA) is 69.7 Å². The number of ketones is 1. The summed E-state index contributed by atoms with van der Waals surface area (Å²) >= 11 is 0. The zero-order valence-electron chi connectivity index (χ0n) is 13.3. The molecule has 0 radical (unpaired) electrons. The van der Waals surface area contributed by atoms with Gasteiger partial charge in [-0.3, -0.25) is 14.4 Å². The van der Waals surface area contributed by atoms with Crippen LogP contribution in [0.1, 0.15) is 63.2 Å². The van der Waals surface area contributed by atoms with Crippen LogP contribution >= 0.6 is 0 Å². The van der Waals surface area contributed by atoms with E-state index in [-0.39, 0.29) is 17.3 Å². The van der Waals surface area contributed by atoms with Gasteiger partial charge in [-0.1, -0.05) is 26.2 Å². The zero-order chi connectivity index (χ0) is 16.5. The summed E-state index contributed by atoms with van der Waals surface area (Å²) in [6.07, 6.45) is 4.44. The van der Waals surface area contributed by atoms with Gasteiger partial charge in [0.2, 0.25) is 0 Å². The fraction of sp³-hybridized carbons (Fsp3) is 0.471. The van der Waals surface area contributed by atoms with Gasteiger partial charge >= 0.3 is 11.9 Å². The van der Waals surface area contributed by atoms with E-state index in [0.29, 0.717) is 12.0 Å². The molecule has 0 atom stereocenters. The molecule has 0 fully saturated rings. The maximum Gasteiger partial charge on any atom is 0.308 e. The van der Waals surface area contributed by atoms with Crippen molar-refractivity contribution in [3.8, 4) is 11.5 Å². The molecule has 0 heterocycles. The molecule has 1 rings (SSSR count). The lowest BCUT2D eigenvalue weighted by atomic mass is 10.0. The zero-order valence-corrected chi connectivity index (χ0v) is 13.3. The lowest BCUT2D eigenvalue weighted by Gasteiger charge is -2.09. The van der Waals surface area contributed by atoms with Gasteiger partial charge in [0.15, 0.2) is 5.78 Å². The third kappa shape index (κ3) is 6.52. The van der Waals surface area contributed by atoms with Gasteiger partial charge in [0, 0.05) is 31.9 Å². The highest BCUT2D eigenvalue weighted by Crippen LogP contribution is 2.25. The van der Waals surface area contributed by atoms with E-state index in [1.807, 2.05) is 0 Å². The van der Waals surface area contributed by atoms with E-state index in [0.717, 1.165) is 25.7 Å². The molecule has 0 saturated carbocycles. The first-order valence-electron chi connectivity index (χ1n) is 7.47. The first kappa shape index (κ1) is 17.9. The molecular formula is C17H22O5. The molecule has 22 heavy (non-hydrogen) atoms. The van der Waals surface area contributed by atoms with Gasteiger partial charge in [-0.05, 0) is 18.6 Å². The Morgan fingerprint density at radius 2 is 1.41 bits per heavy atom. The first-order valence-corrected chi connectivity index (χ1v) is 7.47. The van der Waals surface area contributed by atoms with E-state index in [1.165, 1.54) is 32.0 Å². The Balaban J connectivity index is 2.88. The van der Waals surface area contributed by atoms with Crippen molar-refractivity contribution < 1.29 is 23.9 Å². The van der Waals surface area contributed by atoms with Crippen LogP contribution < -0.4 is 9.47 Å². The highest BCUT2D eigenvalue weighted by atomic mass is 16.5. The summed E-state index contributed by atoms with van der Waals surface area (Å²) in [5.41, 5.74) is 0.381. The molecule has 0 N–H and O–H groups in total. The van der Waals surface area contributed by atoms with Crippen molar-refractivity contribution in [3.05, 3.63) is 23.8 Å². The number of hydrogen-bond acceptors (Lipinski definition) is 5. The smallest absolute Gasteiger partial charge is 0.308 e. The number of benzene rings is 1. The Morgan fingerprint density at radius 1 is 0.864 bits per heavy atom. The number of hydrogen-bond donors (Lipinski definition) is 0. The minimum absolute atomic E-state index is 0.0569. The van der Waals surface area contributed by atoms with Crippen molar-refractivity contribution in [2.24, 2.45) is 0 Å². The molecule has 0 aliphatic heterocycles. The second-order valence-electron chi connectivity index (χ2n) is 5.11. The van der Waals surface area contributed by atoms with E-state index < -0.39 is 11.9 Å². The summed E-state index contributed by atoms with van der Waals surface area (Å²) in [7, 11) is 0. The van der Waals surface area contributed by atoms with Crippen LogP contribution in [-0.4, -0.2) is 17.7 Å². The third-order valence-corrected chi connectivity index (χ3v) is 2.98. The number of rotatable bonds is 8. The van der Waals surface area contributed by atoms with Crippen LogP contribution in [0.15, 0.2) is 18.2 Å². The normalized spacial score (nSPS) is 10.1. The molecule has 0 bridgehead atoms. The Morgan fingerprint density at radius 3 is 1.86 bits per heavy atom. The van der Waals surface area contributed by atoms with Crippen LogP contribution in [0.25, 0.3) is 0 Å². The van der Waals surface area contributed by atoms with Crippen molar-refractivity contribution in [3.63, 3.8) is 0 Å². The third-order valence-electron chi connectivity index (χ3n) is 2.98. The molecule has 0 aliphatic rings. The maximum atomic E-state index is 12.2. The number of Topliss-reactive ketones (excluding diaryl/α,β-unsaturated/α-hetero) is 1. The predicted molar refractivity (Wildman–Crippen MR) is 82.1 cm³/mol. The summed E-state index contributed by atoms with van der Waals surface area (Å²) in [5.74, 6) is -0.660. The van der Waals surface area contributed by atoms with Crippen LogP contribution in [-0.2, 0) is 9.59 Å². The number of unbranched alkanes of at least 4 members (excludes halogenated alkanes) is 3. The summed E-state index contributed by atoms with van der Waals surface area (Å²) in [5, 5.41) is 0. The van der Waals surface area contributed by atoms with Crippen molar-refractivity contribution in [1.82, 2.24) is 0 Å². The molecule has 1 aromatic carbocycles. The highest BCUT2D eigenvalue weighted by molar-refractivity contribution is 5.97. The SMILES string of the molecule is CCCCCCC(=O)c1cc(OC(C)=O)cc(OC(C)=O)c1. The second-order valence-corrected chi connectivity index (χ2v) is 5.11.